The number of nitrogens with one attached hydrogen (secondary N) is 2. The van der Waals surface area contributed by atoms with Crippen LogP contribution in [0.3, 0.4) is 0 Å². The van der Waals surface area contributed by atoms with Crippen LogP contribution in [0.4, 0.5) is 11.4 Å². The maximum atomic E-state index is 12.4. The number of aromatic nitrogens is 1. The third-order valence-corrected chi connectivity index (χ3v) is 3.76. The zero-order valence-electron chi connectivity index (χ0n) is 13.7. The SMILES string of the molecule is COc1ccc(NC(=O)c2ccco2)cc1NC(=O)c1cccnc1Cl. The summed E-state index contributed by atoms with van der Waals surface area (Å²) >= 11 is 5.95. The highest BCUT2D eigenvalue weighted by Crippen LogP contribution is 2.29. The third-order valence-electron chi connectivity index (χ3n) is 3.45. The molecular weight excluding hydrogens is 358 g/mol. The average Bonchev–Trinajstić information content (AvgIpc) is 3.17. The van der Waals surface area contributed by atoms with Crippen molar-refractivity contribution in [3.63, 3.8) is 0 Å². The summed E-state index contributed by atoms with van der Waals surface area (Å²) in [5.41, 5.74) is 1.05. The van der Waals surface area contributed by atoms with Crippen molar-refractivity contribution < 1.29 is 18.7 Å². The first-order chi connectivity index (χ1) is 12.6. The second kappa shape index (κ2) is 7.71. The minimum absolute atomic E-state index is 0.0891. The molecule has 0 saturated carbocycles. The molecule has 7 nitrogen and oxygen atoms in total. The van der Waals surface area contributed by atoms with E-state index in [4.69, 9.17) is 20.8 Å². The fourth-order valence-corrected chi connectivity index (χ4v) is 2.43. The predicted molar refractivity (Wildman–Crippen MR) is 96.9 cm³/mol. The number of pyridine rings is 1. The smallest absolute Gasteiger partial charge is 0.291 e. The summed E-state index contributed by atoms with van der Waals surface area (Å²) < 4.78 is 10.3. The Bertz CT molecular complexity index is 941. The van der Waals surface area contributed by atoms with Gasteiger partial charge in [-0.05, 0) is 42.5 Å². The molecule has 132 valence electrons. The van der Waals surface area contributed by atoms with Crippen LogP contribution in [-0.2, 0) is 0 Å². The number of ether oxygens (including phenoxy) is 1. The Labute approximate surface area is 153 Å². The molecule has 1 aromatic carbocycles. The van der Waals surface area contributed by atoms with Crippen LogP contribution in [0.25, 0.3) is 0 Å². The lowest BCUT2D eigenvalue weighted by Gasteiger charge is -2.13. The van der Waals surface area contributed by atoms with E-state index < -0.39 is 11.8 Å². The molecule has 0 atom stereocenters. The van der Waals surface area contributed by atoms with Gasteiger partial charge in [0.2, 0.25) is 0 Å². The zero-order valence-corrected chi connectivity index (χ0v) is 14.4. The summed E-state index contributed by atoms with van der Waals surface area (Å²) in [5.74, 6) is -0.258. The number of carbonyl (C=O) groups is 2. The van der Waals surface area contributed by atoms with Gasteiger partial charge in [0.15, 0.2) is 5.76 Å². The van der Waals surface area contributed by atoms with Gasteiger partial charge in [-0.15, -0.1) is 0 Å². The van der Waals surface area contributed by atoms with Crippen LogP contribution in [0.5, 0.6) is 5.75 Å². The molecule has 8 heteroatoms. The highest BCUT2D eigenvalue weighted by atomic mass is 35.5. The molecule has 0 bridgehead atoms. The van der Waals surface area contributed by atoms with Crippen LogP contribution in [0.2, 0.25) is 5.15 Å². The Morgan fingerprint density at radius 1 is 1.12 bits per heavy atom. The van der Waals surface area contributed by atoms with E-state index in [1.165, 1.54) is 19.6 Å². The maximum Gasteiger partial charge on any atom is 0.291 e. The van der Waals surface area contributed by atoms with Gasteiger partial charge in [-0.3, -0.25) is 9.59 Å². The van der Waals surface area contributed by atoms with Crippen molar-refractivity contribution in [3.8, 4) is 5.75 Å². The van der Waals surface area contributed by atoms with Crippen molar-refractivity contribution in [2.24, 2.45) is 0 Å². The first kappa shape index (κ1) is 17.5. The van der Waals surface area contributed by atoms with Gasteiger partial charge in [-0.1, -0.05) is 11.6 Å². The first-order valence-corrected chi connectivity index (χ1v) is 7.91. The van der Waals surface area contributed by atoms with E-state index in [9.17, 15) is 9.59 Å². The second-order valence-electron chi connectivity index (χ2n) is 5.14. The molecule has 3 rings (SSSR count). The molecule has 2 heterocycles. The number of benzene rings is 1. The van der Waals surface area contributed by atoms with E-state index >= 15 is 0 Å². The number of anilines is 2. The molecule has 26 heavy (non-hydrogen) atoms. The van der Waals surface area contributed by atoms with E-state index in [2.05, 4.69) is 15.6 Å². The Balaban J connectivity index is 1.83. The largest absolute Gasteiger partial charge is 0.495 e. The fourth-order valence-electron chi connectivity index (χ4n) is 2.23. The van der Waals surface area contributed by atoms with Crippen molar-refractivity contribution in [3.05, 3.63) is 71.4 Å². The molecule has 2 aromatic heterocycles. The van der Waals surface area contributed by atoms with Crippen LogP contribution in [-0.4, -0.2) is 23.9 Å². The predicted octanol–water partition coefficient (Wildman–Crippen LogP) is 3.84. The number of hydrogen-bond acceptors (Lipinski definition) is 5. The summed E-state index contributed by atoms with van der Waals surface area (Å²) in [6, 6.07) is 11.2. The zero-order chi connectivity index (χ0) is 18.5. The number of halogens is 1. The Hall–Kier alpha value is -3.32. The van der Waals surface area contributed by atoms with Gasteiger partial charge in [-0.2, -0.15) is 0 Å². The van der Waals surface area contributed by atoms with Crippen molar-refractivity contribution in [2.45, 2.75) is 0 Å². The Morgan fingerprint density at radius 3 is 2.65 bits per heavy atom. The van der Waals surface area contributed by atoms with Gasteiger partial charge in [0, 0.05) is 11.9 Å². The summed E-state index contributed by atoms with van der Waals surface area (Å²) in [4.78, 5) is 28.4. The van der Waals surface area contributed by atoms with Crippen molar-refractivity contribution in [2.75, 3.05) is 17.7 Å². The van der Waals surface area contributed by atoms with Crippen molar-refractivity contribution >= 4 is 34.8 Å². The van der Waals surface area contributed by atoms with Crippen molar-refractivity contribution in [1.82, 2.24) is 4.98 Å². The molecule has 0 aliphatic carbocycles. The summed E-state index contributed by atoms with van der Waals surface area (Å²) in [6.07, 6.45) is 2.90. The minimum Gasteiger partial charge on any atom is -0.495 e. The highest BCUT2D eigenvalue weighted by molar-refractivity contribution is 6.33. The maximum absolute atomic E-state index is 12.4. The summed E-state index contributed by atoms with van der Waals surface area (Å²) in [6.45, 7) is 0. The number of furan rings is 1. The van der Waals surface area contributed by atoms with Crippen molar-refractivity contribution in [1.29, 1.82) is 0 Å². The molecule has 0 unspecified atom stereocenters. The second-order valence-corrected chi connectivity index (χ2v) is 5.50. The van der Waals surface area contributed by atoms with E-state index in [0.29, 0.717) is 17.1 Å². The van der Waals surface area contributed by atoms with Crippen LogP contribution in [0, 0.1) is 0 Å². The van der Waals surface area contributed by atoms with Crippen LogP contribution >= 0.6 is 11.6 Å². The van der Waals surface area contributed by atoms with Crippen LogP contribution < -0.4 is 15.4 Å². The highest BCUT2D eigenvalue weighted by Gasteiger charge is 2.15. The normalized spacial score (nSPS) is 10.2. The Morgan fingerprint density at radius 2 is 1.96 bits per heavy atom. The molecule has 0 aliphatic heterocycles. The molecule has 0 aliphatic rings. The number of methoxy groups -OCH3 is 1. The first-order valence-electron chi connectivity index (χ1n) is 7.53. The molecule has 0 spiro atoms. The Kier molecular flexibility index (Phi) is 5.19. The van der Waals surface area contributed by atoms with E-state index in [0.717, 1.165) is 0 Å². The lowest BCUT2D eigenvalue weighted by Crippen LogP contribution is -2.15. The third kappa shape index (κ3) is 3.84. The lowest BCUT2D eigenvalue weighted by atomic mass is 10.2. The quantitative estimate of drug-likeness (QED) is 0.664. The monoisotopic (exact) mass is 371 g/mol. The van der Waals surface area contributed by atoms with Gasteiger partial charge >= 0.3 is 0 Å². The minimum atomic E-state index is -0.448. The van der Waals surface area contributed by atoms with E-state index in [1.54, 1.807) is 42.5 Å². The van der Waals surface area contributed by atoms with Gasteiger partial charge in [-0.25, -0.2) is 4.98 Å². The molecule has 2 amide bonds. The van der Waals surface area contributed by atoms with Gasteiger partial charge in [0.05, 0.1) is 24.6 Å². The molecule has 3 aromatic rings. The van der Waals surface area contributed by atoms with E-state index in [-0.39, 0.29) is 16.5 Å². The number of carbonyl (C=O) groups excluding carboxylic acids is 2. The van der Waals surface area contributed by atoms with Gasteiger partial charge in [0.1, 0.15) is 10.9 Å². The molecule has 0 radical (unpaired) electrons. The molecular formula is C18H14ClN3O4. The van der Waals surface area contributed by atoms with Gasteiger partial charge < -0.3 is 19.8 Å². The average molecular weight is 372 g/mol. The number of hydrogen-bond donors (Lipinski definition) is 2. The fraction of sp³-hybridized carbons (Fsp3) is 0.0556. The topological polar surface area (TPSA) is 93.5 Å². The van der Waals surface area contributed by atoms with Crippen LogP contribution in [0.1, 0.15) is 20.9 Å². The lowest BCUT2D eigenvalue weighted by molar-refractivity contribution is 0.0995. The number of nitrogens with zero attached hydrogens (tertiary/aromatic N) is 1. The standard InChI is InChI=1S/C18H14ClN3O4/c1-25-14-7-6-11(21-18(24)15-5-3-9-26-15)10-13(14)22-17(23)12-4-2-8-20-16(12)19/h2-10H,1H3,(H,21,24)(H,22,23). The molecule has 0 saturated heterocycles. The summed E-state index contributed by atoms with van der Waals surface area (Å²) in [5, 5.41) is 5.48. The summed E-state index contributed by atoms with van der Waals surface area (Å²) in [7, 11) is 1.48. The van der Waals surface area contributed by atoms with E-state index in [1.807, 2.05) is 0 Å². The number of amides is 2. The van der Waals surface area contributed by atoms with Crippen LogP contribution in [0.15, 0.2) is 59.3 Å². The number of rotatable bonds is 5. The molecule has 2 N–H and O–H groups in total. The molecule has 0 fully saturated rings. The van der Waals surface area contributed by atoms with Gasteiger partial charge in [0.25, 0.3) is 11.8 Å².